The quantitative estimate of drug-likeness (QED) is 0.741. The zero-order chi connectivity index (χ0) is 11.7. The van der Waals surface area contributed by atoms with Gasteiger partial charge in [-0.15, -0.1) is 11.3 Å². The number of nitrogens with zero attached hydrogens (tertiary/aromatic N) is 4. The normalized spacial score (nSPS) is 10.6. The molecule has 0 atom stereocenters. The van der Waals surface area contributed by atoms with Crippen molar-refractivity contribution in [3.8, 4) is 0 Å². The van der Waals surface area contributed by atoms with Crippen LogP contribution in [0.3, 0.4) is 0 Å². The van der Waals surface area contributed by atoms with Crippen molar-refractivity contribution in [2.24, 2.45) is 0 Å². The van der Waals surface area contributed by atoms with Gasteiger partial charge in [-0.25, -0.2) is 14.5 Å². The Labute approximate surface area is 100.0 Å². The maximum absolute atomic E-state index is 11.8. The number of nitrogens with one attached hydrogen (secondary N) is 1. The van der Waals surface area contributed by atoms with Crippen LogP contribution >= 0.6 is 11.3 Å². The minimum Gasteiger partial charge on any atom is -0.296 e. The van der Waals surface area contributed by atoms with Crippen molar-refractivity contribution in [3.63, 3.8) is 0 Å². The van der Waals surface area contributed by atoms with Crippen molar-refractivity contribution in [2.45, 2.75) is 0 Å². The number of anilines is 1. The summed E-state index contributed by atoms with van der Waals surface area (Å²) < 4.78 is 1.55. The lowest BCUT2D eigenvalue weighted by Gasteiger charge is -1.95. The lowest BCUT2D eigenvalue weighted by atomic mass is 10.4. The van der Waals surface area contributed by atoms with E-state index < -0.39 is 0 Å². The highest BCUT2D eigenvalue weighted by atomic mass is 32.1. The molecule has 0 fully saturated rings. The minimum atomic E-state index is -0.287. The molecular formula is C10H7N5OS. The Kier molecular flexibility index (Phi) is 2.30. The van der Waals surface area contributed by atoms with Gasteiger partial charge in [0.1, 0.15) is 0 Å². The fourth-order valence-corrected chi connectivity index (χ4v) is 1.91. The number of aromatic nitrogens is 4. The Morgan fingerprint density at radius 3 is 3.06 bits per heavy atom. The van der Waals surface area contributed by atoms with Crippen LogP contribution in [0, 0.1) is 0 Å². The molecule has 1 amide bonds. The topological polar surface area (TPSA) is 72.2 Å². The second-order valence-corrected chi connectivity index (χ2v) is 4.14. The summed E-state index contributed by atoms with van der Waals surface area (Å²) in [5.74, 6) is -0.287. The summed E-state index contributed by atoms with van der Waals surface area (Å²) >= 11 is 1.36. The SMILES string of the molecule is O=C(Nc1nccs1)c1cc2ncccn2n1. The smallest absolute Gasteiger partial charge is 0.278 e. The molecule has 0 aliphatic rings. The van der Waals surface area contributed by atoms with Crippen molar-refractivity contribution in [2.75, 3.05) is 5.32 Å². The molecule has 0 aliphatic heterocycles. The molecule has 7 heteroatoms. The maximum Gasteiger partial charge on any atom is 0.278 e. The predicted octanol–water partition coefficient (Wildman–Crippen LogP) is 1.44. The molecule has 3 heterocycles. The van der Waals surface area contributed by atoms with Gasteiger partial charge in [0, 0.05) is 30.0 Å². The first-order valence-corrected chi connectivity index (χ1v) is 5.72. The van der Waals surface area contributed by atoms with E-state index in [1.807, 2.05) is 0 Å². The molecule has 0 aliphatic carbocycles. The van der Waals surface area contributed by atoms with Gasteiger partial charge in [0.2, 0.25) is 0 Å². The van der Waals surface area contributed by atoms with Crippen LogP contribution in [-0.2, 0) is 0 Å². The number of amides is 1. The Bertz CT molecular complexity index is 627. The fraction of sp³-hybridized carbons (Fsp3) is 0. The van der Waals surface area contributed by atoms with E-state index in [0.717, 1.165) is 0 Å². The third-order valence-electron chi connectivity index (χ3n) is 2.12. The van der Waals surface area contributed by atoms with Crippen LogP contribution in [0.4, 0.5) is 5.13 Å². The van der Waals surface area contributed by atoms with E-state index in [-0.39, 0.29) is 5.91 Å². The molecule has 6 nitrogen and oxygen atoms in total. The number of hydrogen-bond acceptors (Lipinski definition) is 5. The summed E-state index contributed by atoms with van der Waals surface area (Å²) in [4.78, 5) is 19.9. The average molecular weight is 245 g/mol. The Balaban J connectivity index is 1.90. The lowest BCUT2D eigenvalue weighted by molar-refractivity contribution is 0.102. The maximum atomic E-state index is 11.8. The van der Waals surface area contributed by atoms with Gasteiger partial charge in [-0.2, -0.15) is 5.10 Å². The molecule has 3 aromatic heterocycles. The van der Waals surface area contributed by atoms with Gasteiger partial charge in [-0.3, -0.25) is 10.1 Å². The van der Waals surface area contributed by atoms with Gasteiger partial charge in [0.15, 0.2) is 16.5 Å². The predicted molar refractivity (Wildman–Crippen MR) is 63.1 cm³/mol. The summed E-state index contributed by atoms with van der Waals surface area (Å²) in [6.07, 6.45) is 5.02. The van der Waals surface area contributed by atoms with Crippen molar-refractivity contribution in [1.29, 1.82) is 0 Å². The first kappa shape index (κ1) is 9.91. The first-order valence-electron chi connectivity index (χ1n) is 4.84. The fourth-order valence-electron chi connectivity index (χ4n) is 1.39. The molecule has 0 saturated carbocycles. The first-order chi connectivity index (χ1) is 8.33. The van der Waals surface area contributed by atoms with E-state index in [2.05, 4.69) is 20.4 Å². The number of fused-ring (bicyclic) bond motifs is 1. The number of hydrogen-bond donors (Lipinski definition) is 1. The van der Waals surface area contributed by atoms with Crippen LogP contribution < -0.4 is 5.32 Å². The van der Waals surface area contributed by atoms with Crippen molar-refractivity contribution in [3.05, 3.63) is 41.8 Å². The van der Waals surface area contributed by atoms with E-state index in [1.54, 1.807) is 40.6 Å². The summed E-state index contributed by atoms with van der Waals surface area (Å²) in [6, 6.07) is 3.38. The second-order valence-electron chi connectivity index (χ2n) is 3.24. The molecule has 0 spiro atoms. The lowest BCUT2D eigenvalue weighted by Crippen LogP contribution is -2.12. The average Bonchev–Trinajstić information content (AvgIpc) is 2.96. The van der Waals surface area contributed by atoms with Gasteiger partial charge >= 0.3 is 0 Å². The van der Waals surface area contributed by atoms with Crippen LogP contribution in [0.2, 0.25) is 0 Å². The largest absolute Gasteiger partial charge is 0.296 e. The van der Waals surface area contributed by atoms with Gasteiger partial charge in [-0.05, 0) is 6.07 Å². The third kappa shape index (κ3) is 1.87. The second kappa shape index (κ2) is 3.95. The Morgan fingerprint density at radius 2 is 2.29 bits per heavy atom. The molecule has 17 heavy (non-hydrogen) atoms. The number of carbonyl (C=O) groups is 1. The van der Waals surface area contributed by atoms with Crippen molar-refractivity contribution >= 4 is 28.0 Å². The summed E-state index contributed by atoms with van der Waals surface area (Å²) in [5, 5.41) is 9.12. The molecule has 1 N–H and O–H groups in total. The Hall–Kier alpha value is -2.28. The van der Waals surface area contributed by atoms with Crippen LogP contribution in [0.15, 0.2) is 36.1 Å². The number of rotatable bonds is 2. The van der Waals surface area contributed by atoms with Gasteiger partial charge in [0.25, 0.3) is 5.91 Å². The van der Waals surface area contributed by atoms with E-state index in [4.69, 9.17) is 0 Å². The highest BCUT2D eigenvalue weighted by Crippen LogP contribution is 2.12. The molecule has 0 saturated heterocycles. The minimum absolute atomic E-state index is 0.287. The van der Waals surface area contributed by atoms with E-state index >= 15 is 0 Å². The molecule has 0 radical (unpaired) electrons. The van der Waals surface area contributed by atoms with Crippen LogP contribution in [0.5, 0.6) is 0 Å². The van der Waals surface area contributed by atoms with Gasteiger partial charge < -0.3 is 0 Å². The molecule has 3 aromatic rings. The Morgan fingerprint density at radius 1 is 1.35 bits per heavy atom. The van der Waals surface area contributed by atoms with E-state index in [1.165, 1.54) is 11.3 Å². The van der Waals surface area contributed by atoms with Crippen LogP contribution in [0.1, 0.15) is 10.5 Å². The monoisotopic (exact) mass is 245 g/mol. The highest BCUT2D eigenvalue weighted by molar-refractivity contribution is 7.13. The van der Waals surface area contributed by atoms with Gasteiger partial charge in [-0.1, -0.05) is 0 Å². The molecule has 0 bridgehead atoms. The van der Waals surface area contributed by atoms with E-state index in [0.29, 0.717) is 16.5 Å². The molecule has 84 valence electrons. The van der Waals surface area contributed by atoms with Crippen LogP contribution in [-0.4, -0.2) is 25.5 Å². The van der Waals surface area contributed by atoms with Gasteiger partial charge in [0.05, 0.1) is 0 Å². The summed E-state index contributed by atoms with van der Waals surface area (Å²) in [6.45, 7) is 0. The molecule has 3 rings (SSSR count). The standard InChI is InChI=1S/C10H7N5OS/c16-9(13-10-12-3-5-17-10)7-6-8-11-2-1-4-15(8)14-7/h1-6H,(H,12,13,16). The number of carbonyl (C=O) groups excluding carboxylic acids is 1. The number of thiazole rings is 1. The van der Waals surface area contributed by atoms with Crippen LogP contribution in [0.25, 0.3) is 5.65 Å². The third-order valence-corrected chi connectivity index (χ3v) is 2.81. The van der Waals surface area contributed by atoms with Crippen molar-refractivity contribution < 1.29 is 4.79 Å². The summed E-state index contributed by atoms with van der Waals surface area (Å²) in [7, 11) is 0. The molecule has 0 unspecified atom stereocenters. The zero-order valence-electron chi connectivity index (χ0n) is 8.57. The molecule has 0 aromatic carbocycles. The highest BCUT2D eigenvalue weighted by Gasteiger charge is 2.12. The zero-order valence-corrected chi connectivity index (χ0v) is 9.39. The van der Waals surface area contributed by atoms with Crippen molar-refractivity contribution in [1.82, 2.24) is 19.6 Å². The molecular weight excluding hydrogens is 238 g/mol. The summed E-state index contributed by atoms with van der Waals surface area (Å²) in [5.41, 5.74) is 0.954. The van der Waals surface area contributed by atoms with E-state index in [9.17, 15) is 4.79 Å².